The third-order valence-electron chi connectivity index (χ3n) is 5.15. The Bertz CT molecular complexity index is 1330. The first-order chi connectivity index (χ1) is 16.4. The Labute approximate surface area is 198 Å². The molecule has 0 radical (unpaired) electrons. The van der Waals surface area contributed by atoms with Gasteiger partial charge in [0.2, 0.25) is 0 Å². The van der Waals surface area contributed by atoms with E-state index in [4.69, 9.17) is 0 Å². The van der Waals surface area contributed by atoms with Crippen LogP contribution in [-0.2, 0) is 6.54 Å². The zero-order valence-corrected chi connectivity index (χ0v) is 19.3. The second kappa shape index (κ2) is 9.99. The predicted octanol–water partition coefficient (Wildman–Crippen LogP) is 4.77. The van der Waals surface area contributed by atoms with Crippen molar-refractivity contribution >= 4 is 23.3 Å². The molecule has 0 aliphatic heterocycles. The molecule has 0 saturated heterocycles. The number of carbonyl (C=O) groups excluding carboxylic acids is 2. The van der Waals surface area contributed by atoms with Crippen molar-refractivity contribution < 1.29 is 9.59 Å². The molecule has 0 unspecified atom stereocenters. The lowest BCUT2D eigenvalue weighted by Gasteiger charge is -2.10. The molecule has 2 aromatic carbocycles. The SMILES string of the molecule is Cc1cccc(NC(=O)Nc2cccc(CNC(=O)c3ccc(-n4nc(C)cc4C)nc3)c2)c1. The maximum Gasteiger partial charge on any atom is 0.323 e. The van der Waals surface area contributed by atoms with Crippen molar-refractivity contribution in [2.24, 2.45) is 0 Å². The molecule has 2 aromatic heterocycles. The fourth-order valence-corrected chi connectivity index (χ4v) is 3.57. The van der Waals surface area contributed by atoms with Crippen molar-refractivity contribution in [3.8, 4) is 5.82 Å². The van der Waals surface area contributed by atoms with Gasteiger partial charge in [-0.2, -0.15) is 5.10 Å². The topological polar surface area (TPSA) is 101 Å². The molecular formula is C26H26N6O2. The average Bonchev–Trinajstić information content (AvgIpc) is 3.15. The summed E-state index contributed by atoms with van der Waals surface area (Å²) in [7, 11) is 0. The number of rotatable bonds is 6. The lowest BCUT2D eigenvalue weighted by atomic mass is 10.2. The molecule has 4 aromatic rings. The number of amides is 3. The van der Waals surface area contributed by atoms with E-state index in [2.05, 4.69) is 26.0 Å². The van der Waals surface area contributed by atoms with Crippen LogP contribution in [0.2, 0.25) is 0 Å². The summed E-state index contributed by atoms with van der Waals surface area (Å²) >= 11 is 0. The monoisotopic (exact) mass is 454 g/mol. The number of hydrogen-bond acceptors (Lipinski definition) is 4. The van der Waals surface area contributed by atoms with E-state index in [9.17, 15) is 9.59 Å². The van der Waals surface area contributed by atoms with Crippen LogP contribution in [0.4, 0.5) is 16.2 Å². The van der Waals surface area contributed by atoms with Crippen LogP contribution in [0.25, 0.3) is 5.82 Å². The minimum atomic E-state index is -0.333. The summed E-state index contributed by atoms with van der Waals surface area (Å²) in [6.07, 6.45) is 1.54. The van der Waals surface area contributed by atoms with Crippen LogP contribution in [0.3, 0.4) is 0 Å². The number of pyridine rings is 1. The number of nitrogens with one attached hydrogen (secondary N) is 3. The Hall–Kier alpha value is -4.46. The molecule has 8 heteroatoms. The fraction of sp³-hybridized carbons (Fsp3) is 0.154. The molecule has 172 valence electrons. The quantitative estimate of drug-likeness (QED) is 0.391. The maximum atomic E-state index is 12.6. The summed E-state index contributed by atoms with van der Waals surface area (Å²) in [5, 5.41) is 12.9. The molecule has 4 rings (SSSR count). The highest BCUT2D eigenvalue weighted by molar-refractivity contribution is 5.99. The van der Waals surface area contributed by atoms with Gasteiger partial charge in [0.25, 0.3) is 5.91 Å². The van der Waals surface area contributed by atoms with Gasteiger partial charge in [-0.25, -0.2) is 14.5 Å². The number of urea groups is 1. The van der Waals surface area contributed by atoms with Gasteiger partial charge in [-0.05, 0) is 74.4 Å². The van der Waals surface area contributed by atoms with Gasteiger partial charge in [0.1, 0.15) is 0 Å². The van der Waals surface area contributed by atoms with Crippen LogP contribution in [0.15, 0.2) is 72.9 Å². The molecule has 0 spiro atoms. The fourth-order valence-electron chi connectivity index (χ4n) is 3.57. The van der Waals surface area contributed by atoms with Crippen molar-refractivity contribution in [2.45, 2.75) is 27.3 Å². The van der Waals surface area contributed by atoms with Crippen LogP contribution in [-0.4, -0.2) is 26.7 Å². The van der Waals surface area contributed by atoms with E-state index >= 15 is 0 Å². The third-order valence-corrected chi connectivity index (χ3v) is 5.15. The first-order valence-electron chi connectivity index (χ1n) is 10.9. The van der Waals surface area contributed by atoms with Gasteiger partial charge in [0.15, 0.2) is 5.82 Å². The van der Waals surface area contributed by atoms with Gasteiger partial charge in [0, 0.05) is 29.8 Å². The smallest absolute Gasteiger partial charge is 0.323 e. The molecule has 3 N–H and O–H groups in total. The van der Waals surface area contributed by atoms with Crippen LogP contribution < -0.4 is 16.0 Å². The highest BCUT2D eigenvalue weighted by atomic mass is 16.2. The molecule has 8 nitrogen and oxygen atoms in total. The Morgan fingerprint density at radius 1 is 0.882 bits per heavy atom. The molecule has 2 heterocycles. The summed E-state index contributed by atoms with van der Waals surface area (Å²) in [5.74, 6) is 0.424. The van der Waals surface area contributed by atoms with Crippen LogP contribution in [0.1, 0.15) is 32.9 Å². The zero-order chi connectivity index (χ0) is 24.1. The molecular weight excluding hydrogens is 428 g/mol. The number of hydrogen-bond donors (Lipinski definition) is 3. The molecule has 0 bridgehead atoms. The molecule has 0 atom stereocenters. The van der Waals surface area contributed by atoms with E-state index in [-0.39, 0.29) is 11.9 Å². The summed E-state index contributed by atoms with van der Waals surface area (Å²) in [4.78, 5) is 29.3. The van der Waals surface area contributed by atoms with Crippen molar-refractivity contribution in [3.05, 3.63) is 101 Å². The van der Waals surface area contributed by atoms with Crippen LogP contribution >= 0.6 is 0 Å². The van der Waals surface area contributed by atoms with Crippen molar-refractivity contribution in [1.29, 1.82) is 0 Å². The summed E-state index contributed by atoms with van der Waals surface area (Å²) in [6.45, 7) is 6.16. The number of aromatic nitrogens is 3. The summed E-state index contributed by atoms with van der Waals surface area (Å²) in [5.41, 5.74) is 5.61. The Balaban J connectivity index is 1.33. The van der Waals surface area contributed by atoms with E-state index in [1.54, 1.807) is 22.9 Å². The van der Waals surface area contributed by atoms with E-state index in [0.29, 0.717) is 23.6 Å². The van der Waals surface area contributed by atoms with Crippen molar-refractivity contribution in [3.63, 3.8) is 0 Å². The Morgan fingerprint density at radius 2 is 1.62 bits per heavy atom. The Kier molecular flexibility index (Phi) is 6.68. The molecule has 0 fully saturated rings. The first kappa shape index (κ1) is 22.7. The summed E-state index contributed by atoms with van der Waals surface area (Å²) < 4.78 is 1.74. The number of nitrogens with zero attached hydrogens (tertiary/aromatic N) is 3. The standard InChI is InChI=1S/C26H26N6O2/c1-17-6-4-8-22(12-17)29-26(34)30-23-9-5-7-20(14-23)15-28-25(33)21-10-11-24(27-16-21)32-19(3)13-18(2)31-32/h4-14,16H,15H2,1-3H3,(H,28,33)(H2,29,30,34). The van der Waals surface area contributed by atoms with Crippen LogP contribution in [0.5, 0.6) is 0 Å². The average molecular weight is 455 g/mol. The van der Waals surface area contributed by atoms with E-state index < -0.39 is 0 Å². The van der Waals surface area contributed by atoms with Crippen molar-refractivity contribution in [1.82, 2.24) is 20.1 Å². The molecule has 34 heavy (non-hydrogen) atoms. The molecule has 0 aliphatic rings. The number of benzene rings is 2. The zero-order valence-electron chi connectivity index (χ0n) is 19.3. The normalized spacial score (nSPS) is 10.6. The third kappa shape index (κ3) is 5.66. The number of aryl methyl sites for hydroxylation is 3. The second-order valence-electron chi connectivity index (χ2n) is 8.08. The van der Waals surface area contributed by atoms with E-state index in [1.165, 1.54) is 6.20 Å². The van der Waals surface area contributed by atoms with Crippen molar-refractivity contribution in [2.75, 3.05) is 10.6 Å². The number of carbonyl (C=O) groups is 2. The largest absolute Gasteiger partial charge is 0.348 e. The van der Waals surface area contributed by atoms with Gasteiger partial charge in [-0.15, -0.1) is 0 Å². The van der Waals surface area contributed by atoms with Gasteiger partial charge in [-0.1, -0.05) is 24.3 Å². The molecule has 0 saturated carbocycles. The second-order valence-corrected chi connectivity index (χ2v) is 8.08. The molecule has 0 aliphatic carbocycles. The Morgan fingerprint density at radius 3 is 2.26 bits per heavy atom. The van der Waals surface area contributed by atoms with Gasteiger partial charge in [0.05, 0.1) is 11.3 Å². The maximum absolute atomic E-state index is 12.6. The van der Waals surface area contributed by atoms with Gasteiger partial charge in [-0.3, -0.25) is 4.79 Å². The molecule has 3 amide bonds. The van der Waals surface area contributed by atoms with E-state index in [0.717, 1.165) is 28.2 Å². The van der Waals surface area contributed by atoms with Gasteiger partial charge < -0.3 is 16.0 Å². The van der Waals surface area contributed by atoms with E-state index in [1.807, 2.05) is 69.3 Å². The predicted molar refractivity (Wildman–Crippen MR) is 132 cm³/mol. The number of anilines is 2. The summed E-state index contributed by atoms with van der Waals surface area (Å²) in [6, 6.07) is 20.0. The highest BCUT2D eigenvalue weighted by Crippen LogP contribution is 2.14. The minimum Gasteiger partial charge on any atom is -0.348 e. The van der Waals surface area contributed by atoms with Crippen LogP contribution in [0, 0.1) is 20.8 Å². The minimum absolute atomic E-state index is 0.233. The lowest BCUT2D eigenvalue weighted by molar-refractivity contribution is 0.0950. The lowest BCUT2D eigenvalue weighted by Crippen LogP contribution is -2.23. The van der Waals surface area contributed by atoms with Gasteiger partial charge >= 0.3 is 6.03 Å². The highest BCUT2D eigenvalue weighted by Gasteiger charge is 2.10. The first-order valence-corrected chi connectivity index (χ1v) is 10.9.